The molecule has 3 rings (SSSR count). The molecule has 0 spiro atoms. The Morgan fingerprint density at radius 2 is 2.08 bits per heavy atom. The van der Waals surface area contributed by atoms with Crippen molar-refractivity contribution in [2.24, 2.45) is 5.73 Å². The number of ether oxygens (including phenoxy) is 1. The van der Waals surface area contributed by atoms with Gasteiger partial charge in [0.15, 0.2) is 0 Å². The average Bonchev–Trinajstić information content (AvgIpc) is 3.34. The van der Waals surface area contributed by atoms with Gasteiger partial charge in [-0.3, -0.25) is 9.59 Å². The van der Waals surface area contributed by atoms with Gasteiger partial charge in [0.2, 0.25) is 0 Å². The summed E-state index contributed by atoms with van der Waals surface area (Å²) in [6.45, 7) is 0.833. The molecule has 0 saturated carbocycles. The Balaban J connectivity index is 1.66. The van der Waals surface area contributed by atoms with E-state index in [9.17, 15) is 9.59 Å². The maximum Gasteiger partial charge on any atom is 0.263 e. The van der Waals surface area contributed by atoms with Gasteiger partial charge in [0.05, 0.1) is 11.0 Å². The minimum atomic E-state index is -0.470. The summed E-state index contributed by atoms with van der Waals surface area (Å²) >= 11 is 1.42. The van der Waals surface area contributed by atoms with Crippen LogP contribution in [-0.2, 0) is 16.1 Å². The van der Waals surface area contributed by atoms with Crippen molar-refractivity contribution in [1.29, 1.82) is 0 Å². The second-order valence-electron chi connectivity index (χ2n) is 6.34. The fraction of sp³-hybridized carbons (Fsp3) is 0.368. The number of rotatable bonds is 6. The first-order valence-corrected chi connectivity index (χ1v) is 9.49. The number of carbonyl (C=O) groups is 2. The van der Waals surface area contributed by atoms with E-state index in [0.29, 0.717) is 30.1 Å². The van der Waals surface area contributed by atoms with Gasteiger partial charge >= 0.3 is 0 Å². The molecule has 26 heavy (non-hydrogen) atoms. The van der Waals surface area contributed by atoms with E-state index in [4.69, 9.17) is 10.5 Å². The lowest BCUT2D eigenvalue weighted by atomic mass is 10.1. The number of hydrogen-bond donors (Lipinski definition) is 2. The molecule has 6 nitrogen and oxygen atoms in total. The van der Waals surface area contributed by atoms with Crippen LogP contribution in [-0.4, -0.2) is 42.5 Å². The second kappa shape index (κ2) is 8.44. The molecule has 2 atom stereocenters. The van der Waals surface area contributed by atoms with Gasteiger partial charge in [0.1, 0.15) is 6.10 Å². The third-order valence-electron chi connectivity index (χ3n) is 4.42. The highest BCUT2D eigenvalue weighted by molar-refractivity contribution is 7.12. The van der Waals surface area contributed by atoms with Crippen LogP contribution in [0, 0.1) is 0 Å². The predicted molar refractivity (Wildman–Crippen MR) is 102 cm³/mol. The molecule has 1 aromatic carbocycles. The predicted octanol–water partition coefficient (Wildman–Crippen LogP) is 2.47. The first kappa shape index (κ1) is 18.6. The Labute approximate surface area is 156 Å². The van der Waals surface area contributed by atoms with E-state index < -0.39 is 6.10 Å². The van der Waals surface area contributed by atoms with Gasteiger partial charge in [-0.2, -0.15) is 0 Å². The average molecular weight is 373 g/mol. The van der Waals surface area contributed by atoms with Crippen molar-refractivity contribution in [2.45, 2.75) is 31.6 Å². The zero-order chi connectivity index (χ0) is 18.5. The van der Waals surface area contributed by atoms with Crippen LogP contribution >= 0.6 is 11.3 Å². The third kappa shape index (κ3) is 4.30. The Morgan fingerprint density at radius 1 is 1.27 bits per heavy atom. The van der Waals surface area contributed by atoms with Crippen LogP contribution < -0.4 is 11.1 Å². The van der Waals surface area contributed by atoms with Gasteiger partial charge in [0, 0.05) is 25.8 Å². The molecule has 1 aromatic heterocycles. The first-order valence-electron chi connectivity index (χ1n) is 8.61. The van der Waals surface area contributed by atoms with Gasteiger partial charge in [-0.25, -0.2) is 0 Å². The van der Waals surface area contributed by atoms with Crippen LogP contribution in [0.5, 0.6) is 0 Å². The molecular weight excluding hydrogens is 350 g/mol. The molecule has 1 aliphatic rings. The van der Waals surface area contributed by atoms with Crippen LogP contribution in [0.3, 0.4) is 0 Å². The molecule has 2 amide bonds. The zero-order valence-electron chi connectivity index (χ0n) is 14.7. The summed E-state index contributed by atoms with van der Waals surface area (Å²) in [4.78, 5) is 27.3. The van der Waals surface area contributed by atoms with E-state index in [1.807, 2.05) is 41.8 Å². The molecule has 1 fully saturated rings. The SMILES string of the molecule is CN(Cc1ccccc1NC(=O)[C@@H]1CC[C@H](CN)O1)C(=O)c1cccs1. The second-order valence-corrected chi connectivity index (χ2v) is 7.29. The Bertz CT molecular complexity index is 763. The van der Waals surface area contributed by atoms with Crippen molar-refractivity contribution in [2.75, 3.05) is 18.9 Å². The normalized spacial score (nSPS) is 19.3. The number of nitrogens with zero attached hydrogens (tertiary/aromatic N) is 1. The van der Waals surface area contributed by atoms with Gasteiger partial charge in [-0.05, 0) is 35.9 Å². The van der Waals surface area contributed by atoms with E-state index in [1.165, 1.54) is 11.3 Å². The standard InChI is InChI=1S/C19H23N3O3S/c1-22(19(24)17-7-4-10-26-17)12-13-5-2-3-6-15(13)21-18(23)16-9-8-14(11-20)25-16/h2-7,10,14,16H,8-9,11-12,20H2,1H3,(H,21,23)/t14-,16+/m1/s1. The molecule has 0 bridgehead atoms. The van der Waals surface area contributed by atoms with Crippen LogP contribution in [0.1, 0.15) is 28.1 Å². The van der Waals surface area contributed by atoms with Crippen LogP contribution in [0.15, 0.2) is 41.8 Å². The van der Waals surface area contributed by atoms with Crippen LogP contribution in [0.2, 0.25) is 0 Å². The number of thiophene rings is 1. The van der Waals surface area contributed by atoms with Crippen molar-refractivity contribution in [3.05, 3.63) is 52.2 Å². The molecule has 1 aliphatic heterocycles. The maximum absolute atomic E-state index is 12.5. The quantitative estimate of drug-likeness (QED) is 0.815. The number of amides is 2. The van der Waals surface area contributed by atoms with Crippen molar-refractivity contribution >= 4 is 28.8 Å². The van der Waals surface area contributed by atoms with Gasteiger partial charge in [-0.15, -0.1) is 11.3 Å². The number of benzene rings is 1. The van der Waals surface area contributed by atoms with Crippen molar-refractivity contribution in [3.8, 4) is 0 Å². The molecule has 0 radical (unpaired) electrons. The number of para-hydroxylation sites is 1. The summed E-state index contributed by atoms with van der Waals surface area (Å²) in [7, 11) is 1.76. The highest BCUT2D eigenvalue weighted by Crippen LogP contribution is 2.23. The lowest BCUT2D eigenvalue weighted by molar-refractivity contribution is -0.126. The number of nitrogens with two attached hydrogens (primary N) is 1. The molecule has 3 N–H and O–H groups in total. The van der Waals surface area contributed by atoms with Crippen LogP contribution in [0.4, 0.5) is 5.69 Å². The van der Waals surface area contributed by atoms with Gasteiger partial charge in [-0.1, -0.05) is 24.3 Å². The number of carbonyl (C=O) groups excluding carboxylic acids is 2. The smallest absolute Gasteiger partial charge is 0.263 e. The third-order valence-corrected chi connectivity index (χ3v) is 5.28. The summed E-state index contributed by atoms with van der Waals surface area (Å²) in [5.74, 6) is -0.202. The summed E-state index contributed by atoms with van der Waals surface area (Å²) in [6.07, 6.45) is 0.957. The Kier molecular flexibility index (Phi) is 6.03. The molecule has 138 valence electrons. The zero-order valence-corrected chi connectivity index (χ0v) is 15.5. The van der Waals surface area contributed by atoms with Crippen molar-refractivity contribution in [1.82, 2.24) is 4.90 Å². The molecule has 1 saturated heterocycles. The molecule has 2 heterocycles. The first-order chi connectivity index (χ1) is 12.6. The number of anilines is 1. The molecule has 0 unspecified atom stereocenters. The fourth-order valence-corrected chi connectivity index (χ4v) is 3.70. The maximum atomic E-state index is 12.5. The molecule has 7 heteroatoms. The highest BCUT2D eigenvalue weighted by Gasteiger charge is 2.30. The number of nitrogens with one attached hydrogen (secondary N) is 1. The largest absolute Gasteiger partial charge is 0.364 e. The summed E-state index contributed by atoms with van der Waals surface area (Å²) < 4.78 is 5.65. The molecular formula is C19H23N3O3S. The van der Waals surface area contributed by atoms with E-state index in [-0.39, 0.29) is 17.9 Å². The lowest BCUT2D eigenvalue weighted by Gasteiger charge is -2.20. The van der Waals surface area contributed by atoms with Gasteiger partial charge in [0.25, 0.3) is 11.8 Å². The lowest BCUT2D eigenvalue weighted by Crippen LogP contribution is -2.31. The topological polar surface area (TPSA) is 84.7 Å². The monoisotopic (exact) mass is 373 g/mol. The minimum absolute atomic E-state index is 0.0361. The van der Waals surface area contributed by atoms with E-state index in [2.05, 4.69) is 5.32 Å². The number of hydrogen-bond acceptors (Lipinski definition) is 5. The van der Waals surface area contributed by atoms with Crippen LogP contribution in [0.25, 0.3) is 0 Å². The highest BCUT2D eigenvalue weighted by atomic mass is 32.1. The molecule has 2 aromatic rings. The summed E-state index contributed by atoms with van der Waals surface area (Å²) in [5.41, 5.74) is 7.18. The Hall–Kier alpha value is -2.22. The fourth-order valence-electron chi connectivity index (χ4n) is 2.98. The van der Waals surface area contributed by atoms with Gasteiger partial charge < -0.3 is 20.7 Å². The molecule has 0 aliphatic carbocycles. The van der Waals surface area contributed by atoms with Crippen molar-refractivity contribution in [3.63, 3.8) is 0 Å². The van der Waals surface area contributed by atoms with Crippen molar-refractivity contribution < 1.29 is 14.3 Å². The van der Waals surface area contributed by atoms with E-state index in [0.717, 1.165) is 12.0 Å². The van der Waals surface area contributed by atoms with E-state index >= 15 is 0 Å². The minimum Gasteiger partial charge on any atom is -0.364 e. The Morgan fingerprint density at radius 3 is 2.77 bits per heavy atom. The summed E-state index contributed by atoms with van der Waals surface area (Å²) in [6, 6.07) is 11.2. The summed E-state index contributed by atoms with van der Waals surface area (Å²) in [5, 5.41) is 4.82. The van der Waals surface area contributed by atoms with E-state index in [1.54, 1.807) is 11.9 Å².